The summed E-state index contributed by atoms with van der Waals surface area (Å²) in [5, 5.41) is 14.9. The van der Waals surface area contributed by atoms with E-state index in [1.807, 2.05) is 6.07 Å². The van der Waals surface area contributed by atoms with E-state index >= 15 is 0 Å². The van der Waals surface area contributed by atoms with Gasteiger partial charge in [-0.05, 0) is 50.8 Å². The average molecular weight is 340 g/mol. The fourth-order valence-electron chi connectivity index (χ4n) is 4.26. The smallest absolute Gasteiger partial charge is 0.143 e. The first-order valence-corrected chi connectivity index (χ1v) is 7.93. The second kappa shape index (κ2) is 4.14. The third-order valence-corrected chi connectivity index (χ3v) is 5.94. The van der Waals surface area contributed by atoms with E-state index in [1.54, 1.807) is 7.11 Å². The number of nitrogens with one attached hydrogen (secondary N) is 1. The highest BCUT2D eigenvalue weighted by Crippen LogP contribution is 2.60. The third kappa shape index (κ3) is 1.55. The first-order valence-electron chi connectivity index (χ1n) is 7.14. The molecule has 110 valence electrons. The Morgan fingerprint density at radius 3 is 2.60 bits per heavy atom. The summed E-state index contributed by atoms with van der Waals surface area (Å²) in [6, 6.07) is 4.10. The summed E-state index contributed by atoms with van der Waals surface area (Å²) in [6.07, 6.45) is 2.88. The van der Waals surface area contributed by atoms with Crippen LogP contribution < -0.4 is 10.1 Å². The second-order valence-electron chi connectivity index (χ2n) is 6.83. The average Bonchev–Trinajstić information content (AvgIpc) is 2.69. The highest BCUT2D eigenvalue weighted by molar-refractivity contribution is 9.10. The predicted molar refractivity (Wildman–Crippen MR) is 84.5 cm³/mol. The minimum atomic E-state index is -0.737. The van der Waals surface area contributed by atoms with E-state index in [1.165, 1.54) is 0 Å². The van der Waals surface area contributed by atoms with E-state index in [2.05, 4.69) is 48.1 Å². The zero-order chi connectivity index (χ0) is 14.8. The quantitative estimate of drug-likeness (QED) is 0.816. The molecule has 0 spiro atoms. The summed E-state index contributed by atoms with van der Waals surface area (Å²) in [5.41, 5.74) is 0.817. The lowest BCUT2D eigenvalue weighted by Gasteiger charge is -2.55. The minimum absolute atomic E-state index is 0.242. The van der Waals surface area contributed by atoms with Crippen molar-refractivity contribution in [2.45, 2.75) is 56.6 Å². The normalized spacial score (nSPS) is 34.1. The van der Waals surface area contributed by atoms with Gasteiger partial charge in [-0.15, -0.1) is 0 Å². The van der Waals surface area contributed by atoms with Gasteiger partial charge in [0.25, 0.3) is 0 Å². The fraction of sp³-hybridized carbons (Fsp3) is 0.625. The molecule has 0 bridgehead atoms. The molecule has 4 heteroatoms. The molecule has 0 radical (unpaired) electrons. The SMILES string of the molecule is COc1cc(Br)cc2c1NC(C)(C)C1(O)CCCC21C. The van der Waals surface area contributed by atoms with Crippen molar-refractivity contribution < 1.29 is 9.84 Å². The summed E-state index contributed by atoms with van der Waals surface area (Å²) in [7, 11) is 1.69. The second-order valence-corrected chi connectivity index (χ2v) is 7.74. The van der Waals surface area contributed by atoms with Crippen LogP contribution in [0.5, 0.6) is 5.75 Å². The molecule has 3 nitrogen and oxygen atoms in total. The van der Waals surface area contributed by atoms with Crippen molar-refractivity contribution in [1.82, 2.24) is 0 Å². The zero-order valence-corrected chi connectivity index (χ0v) is 14.1. The van der Waals surface area contributed by atoms with Crippen molar-refractivity contribution in [1.29, 1.82) is 0 Å². The van der Waals surface area contributed by atoms with E-state index in [0.29, 0.717) is 0 Å². The van der Waals surface area contributed by atoms with Crippen molar-refractivity contribution in [3.63, 3.8) is 0 Å². The Bertz CT molecular complexity index is 572. The number of halogens is 1. The van der Waals surface area contributed by atoms with E-state index in [0.717, 1.165) is 40.7 Å². The number of anilines is 1. The maximum Gasteiger partial charge on any atom is 0.143 e. The Balaban J connectivity index is 2.31. The van der Waals surface area contributed by atoms with Crippen molar-refractivity contribution >= 4 is 21.6 Å². The number of rotatable bonds is 1. The number of benzene rings is 1. The minimum Gasteiger partial charge on any atom is -0.495 e. The molecule has 1 aromatic rings. The number of hydrogen-bond donors (Lipinski definition) is 2. The van der Waals surface area contributed by atoms with Crippen LogP contribution in [-0.2, 0) is 5.41 Å². The van der Waals surface area contributed by atoms with Gasteiger partial charge >= 0.3 is 0 Å². The van der Waals surface area contributed by atoms with Crippen LogP contribution in [0, 0.1) is 0 Å². The summed E-state index contributed by atoms with van der Waals surface area (Å²) in [5.74, 6) is 0.831. The molecule has 1 aromatic carbocycles. The van der Waals surface area contributed by atoms with Crippen LogP contribution in [0.25, 0.3) is 0 Å². The molecular weight excluding hydrogens is 318 g/mol. The lowest BCUT2D eigenvalue weighted by molar-refractivity contribution is -0.0630. The molecule has 3 rings (SSSR count). The summed E-state index contributed by atoms with van der Waals surface area (Å²) in [6.45, 7) is 6.36. The Labute approximate surface area is 128 Å². The van der Waals surface area contributed by atoms with Gasteiger partial charge in [-0.1, -0.05) is 22.9 Å². The van der Waals surface area contributed by atoms with Crippen molar-refractivity contribution in [3.05, 3.63) is 22.2 Å². The molecule has 2 unspecified atom stereocenters. The van der Waals surface area contributed by atoms with E-state index in [4.69, 9.17) is 4.74 Å². The number of aliphatic hydroxyl groups is 1. The van der Waals surface area contributed by atoms with Gasteiger partial charge in [0.1, 0.15) is 5.75 Å². The molecule has 2 atom stereocenters. The molecule has 1 heterocycles. The predicted octanol–water partition coefficient (Wildman–Crippen LogP) is 3.83. The number of fused-ring (bicyclic) bond motifs is 3. The van der Waals surface area contributed by atoms with Gasteiger partial charge in [-0.3, -0.25) is 0 Å². The molecule has 1 fully saturated rings. The van der Waals surface area contributed by atoms with Gasteiger partial charge in [-0.25, -0.2) is 0 Å². The highest BCUT2D eigenvalue weighted by atomic mass is 79.9. The number of hydrogen-bond acceptors (Lipinski definition) is 3. The Hall–Kier alpha value is -0.740. The largest absolute Gasteiger partial charge is 0.495 e. The van der Waals surface area contributed by atoms with Crippen molar-refractivity contribution in [2.24, 2.45) is 0 Å². The summed E-state index contributed by atoms with van der Waals surface area (Å²) < 4.78 is 6.53. The maximum absolute atomic E-state index is 11.4. The highest BCUT2D eigenvalue weighted by Gasteiger charge is 2.63. The third-order valence-electron chi connectivity index (χ3n) is 5.48. The lowest BCUT2D eigenvalue weighted by atomic mass is 9.60. The molecular formula is C16H22BrNO2. The van der Waals surface area contributed by atoms with Gasteiger partial charge in [0.2, 0.25) is 0 Å². The monoisotopic (exact) mass is 339 g/mol. The topological polar surface area (TPSA) is 41.5 Å². The first-order chi connectivity index (χ1) is 9.25. The Kier molecular flexibility index (Phi) is 2.94. The van der Waals surface area contributed by atoms with Crippen molar-refractivity contribution in [2.75, 3.05) is 12.4 Å². The molecule has 0 aromatic heterocycles. The van der Waals surface area contributed by atoms with Crippen LogP contribution in [-0.4, -0.2) is 23.4 Å². The van der Waals surface area contributed by atoms with Crippen LogP contribution >= 0.6 is 15.9 Å². The Morgan fingerprint density at radius 2 is 1.95 bits per heavy atom. The number of methoxy groups -OCH3 is 1. The molecule has 20 heavy (non-hydrogen) atoms. The van der Waals surface area contributed by atoms with Gasteiger partial charge < -0.3 is 15.2 Å². The summed E-state index contributed by atoms with van der Waals surface area (Å²) >= 11 is 3.56. The molecule has 1 aliphatic heterocycles. The van der Waals surface area contributed by atoms with Crippen LogP contribution in [0.15, 0.2) is 16.6 Å². The van der Waals surface area contributed by atoms with E-state index in [9.17, 15) is 5.11 Å². The lowest BCUT2D eigenvalue weighted by Crippen LogP contribution is -2.65. The van der Waals surface area contributed by atoms with Gasteiger partial charge in [0, 0.05) is 9.89 Å². The fourth-order valence-corrected chi connectivity index (χ4v) is 4.70. The standard InChI is InChI=1S/C16H22BrNO2/c1-14(2)16(19)7-5-6-15(16,3)11-8-10(17)9-12(20-4)13(11)18-14/h8-9,18-19H,5-7H2,1-4H3. The van der Waals surface area contributed by atoms with Crippen LogP contribution in [0.4, 0.5) is 5.69 Å². The van der Waals surface area contributed by atoms with Gasteiger partial charge in [0.15, 0.2) is 0 Å². The molecule has 0 saturated heterocycles. The first kappa shape index (κ1) is 14.2. The molecule has 1 aliphatic carbocycles. The molecule has 0 amide bonds. The van der Waals surface area contributed by atoms with Gasteiger partial charge in [0.05, 0.1) is 23.9 Å². The number of ether oxygens (including phenoxy) is 1. The van der Waals surface area contributed by atoms with Crippen LogP contribution in [0.2, 0.25) is 0 Å². The maximum atomic E-state index is 11.4. The molecule has 1 saturated carbocycles. The molecule has 2 N–H and O–H groups in total. The van der Waals surface area contributed by atoms with Gasteiger partial charge in [-0.2, -0.15) is 0 Å². The molecule has 2 aliphatic rings. The van der Waals surface area contributed by atoms with E-state index < -0.39 is 5.60 Å². The van der Waals surface area contributed by atoms with Crippen LogP contribution in [0.1, 0.15) is 45.6 Å². The van der Waals surface area contributed by atoms with Crippen LogP contribution in [0.3, 0.4) is 0 Å². The van der Waals surface area contributed by atoms with E-state index in [-0.39, 0.29) is 11.0 Å². The zero-order valence-electron chi connectivity index (χ0n) is 12.5. The Morgan fingerprint density at radius 1 is 1.25 bits per heavy atom. The summed E-state index contributed by atoms with van der Waals surface area (Å²) in [4.78, 5) is 0. The van der Waals surface area contributed by atoms with Crippen molar-refractivity contribution in [3.8, 4) is 5.75 Å².